The largest absolute Gasteiger partial charge is 0.330 e. The second-order valence-electron chi connectivity index (χ2n) is 3.89. The summed E-state index contributed by atoms with van der Waals surface area (Å²) in [6.45, 7) is 1.96. The van der Waals surface area contributed by atoms with Gasteiger partial charge in [0.15, 0.2) is 10.8 Å². The zero-order valence-electron chi connectivity index (χ0n) is 9.94. The molecule has 0 unspecified atom stereocenters. The molecular formula is C12H11ClN4S. The van der Waals surface area contributed by atoms with Crippen molar-refractivity contribution in [1.82, 2.24) is 19.7 Å². The van der Waals surface area contributed by atoms with Gasteiger partial charge in [0.1, 0.15) is 5.52 Å². The van der Waals surface area contributed by atoms with Crippen molar-refractivity contribution in [2.24, 2.45) is 0 Å². The van der Waals surface area contributed by atoms with Crippen molar-refractivity contribution >= 4 is 34.5 Å². The van der Waals surface area contributed by atoms with Gasteiger partial charge in [-0.15, -0.1) is 0 Å². The van der Waals surface area contributed by atoms with Crippen LogP contribution in [0.25, 0.3) is 16.9 Å². The first kappa shape index (κ1) is 11.6. The van der Waals surface area contributed by atoms with Crippen LogP contribution in [0.5, 0.6) is 0 Å². The van der Waals surface area contributed by atoms with Gasteiger partial charge < -0.3 is 4.98 Å². The van der Waals surface area contributed by atoms with Gasteiger partial charge in [0.05, 0.1) is 16.4 Å². The summed E-state index contributed by atoms with van der Waals surface area (Å²) in [5.41, 5.74) is 3.53. The summed E-state index contributed by atoms with van der Waals surface area (Å²) in [5.74, 6) is 0. The van der Waals surface area contributed by atoms with Gasteiger partial charge >= 0.3 is 0 Å². The lowest BCUT2D eigenvalue weighted by Crippen LogP contribution is -1.98. The molecule has 1 N–H and O–H groups in total. The Hall–Kier alpha value is -1.46. The van der Waals surface area contributed by atoms with Gasteiger partial charge in [0.25, 0.3) is 0 Å². The molecule has 2 heterocycles. The lowest BCUT2D eigenvalue weighted by molar-refractivity contribution is 0.865. The molecule has 0 atom stereocenters. The average Bonchev–Trinajstić information content (AvgIpc) is 2.91. The number of thioether (sulfide) groups is 1. The predicted octanol–water partition coefficient (Wildman–Crippen LogP) is 3.43. The minimum absolute atomic E-state index is 0.663. The van der Waals surface area contributed by atoms with Crippen molar-refractivity contribution in [1.29, 1.82) is 0 Å². The molecule has 18 heavy (non-hydrogen) atoms. The Morgan fingerprint density at radius 2 is 2.11 bits per heavy atom. The molecule has 2 aromatic heterocycles. The predicted molar refractivity (Wildman–Crippen MR) is 74.7 cm³/mol. The maximum absolute atomic E-state index is 6.21. The fraction of sp³-hybridized carbons (Fsp3) is 0.167. The summed E-state index contributed by atoms with van der Waals surface area (Å²) in [5, 5.41) is 6.03. The van der Waals surface area contributed by atoms with Gasteiger partial charge in [-0.25, -0.2) is 9.67 Å². The lowest BCUT2D eigenvalue weighted by Gasteiger charge is -2.03. The molecule has 0 fully saturated rings. The number of hydrogen-bond donors (Lipinski definition) is 1. The number of benzene rings is 1. The van der Waals surface area contributed by atoms with Gasteiger partial charge in [0.2, 0.25) is 0 Å². The number of fused-ring (bicyclic) bond motifs is 1. The minimum atomic E-state index is 0.663. The summed E-state index contributed by atoms with van der Waals surface area (Å²) in [6, 6.07) is 7.62. The number of aromatic amines is 1. The van der Waals surface area contributed by atoms with Crippen molar-refractivity contribution in [3.05, 3.63) is 35.0 Å². The van der Waals surface area contributed by atoms with Crippen LogP contribution in [0.3, 0.4) is 0 Å². The summed E-state index contributed by atoms with van der Waals surface area (Å²) in [6.07, 6.45) is 1.99. The smallest absolute Gasteiger partial charge is 0.182 e. The zero-order valence-corrected chi connectivity index (χ0v) is 11.5. The molecule has 3 aromatic rings. The van der Waals surface area contributed by atoms with Crippen LogP contribution in [0.1, 0.15) is 5.69 Å². The number of halogens is 1. The molecule has 3 rings (SSSR count). The Bertz CT molecular complexity index is 716. The SMILES string of the molecule is CSc1nc2c([nH]1)c(C)nn2-c1ccccc1Cl. The molecule has 0 amide bonds. The summed E-state index contributed by atoms with van der Waals surface area (Å²) < 4.78 is 1.78. The van der Waals surface area contributed by atoms with Crippen LogP contribution in [0.4, 0.5) is 0 Å². The monoisotopic (exact) mass is 278 g/mol. The van der Waals surface area contributed by atoms with E-state index in [0.29, 0.717) is 5.02 Å². The first-order valence-electron chi connectivity index (χ1n) is 5.45. The number of imidazole rings is 1. The quantitative estimate of drug-likeness (QED) is 0.731. The molecule has 0 aliphatic carbocycles. The number of H-pyrrole nitrogens is 1. The number of rotatable bonds is 2. The molecule has 0 radical (unpaired) electrons. The van der Waals surface area contributed by atoms with Gasteiger partial charge in [0, 0.05) is 0 Å². The highest BCUT2D eigenvalue weighted by atomic mass is 35.5. The van der Waals surface area contributed by atoms with E-state index in [1.54, 1.807) is 16.4 Å². The molecule has 0 saturated carbocycles. The van der Waals surface area contributed by atoms with Crippen LogP contribution in [0.15, 0.2) is 29.4 Å². The van der Waals surface area contributed by atoms with Crippen LogP contribution in [0.2, 0.25) is 5.02 Å². The third kappa shape index (κ3) is 1.71. The van der Waals surface area contributed by atoms with Crippen molar-refractivity contribution in [2.45, 2.75) is 12.1 Å². The number of para-hydroxylation sites is 1. The Morgan fingerprint density at radius 3 is 2.83 bits per heavy atom. The second-order valence-corrected chi connectivity index (χ2v) is 5.10. The highest BCUT2D eigenvalue weighted by molar-refractivity contribution is 7.98. The average molecular weight is 279 g/mol. The molecule has 0 aliphatic heterocycles. The van der Waals surface area contributed by atoms with E-state index in [4.69, 9.17) is 11.6 Å². The van der Waals surface area contributed by atoms with Crippen molar-refractivity contribution in [3.63, 3.8) is 0 Å². The number of aromatic nitrogens is 4. The lowest BCUT2D eigenvalue weighted by atomic mass is 10.3. The number of nitrogens with zero attached hydrogens (tertiary/aromatic N) is 3. The van der Waals surface area contributed by atoms with Gasteiger partial charge in [-0.3, -0.25) is 0 Å². The second kappa shape index (κ2) is 4.33. The van der Waals surface area contributed by atoms with Crippen LogP contribution in [-0.2, 0) is 0 Å². The van der Waals surface area contributed by atoms with E-state index in [1.807, 2.05) is 37.4 Å². The number of nitrogens with one attached hydrogen (secondary N) is 1. The Balaban J connectivity index is 2.29. The summed E-state index contributed by atoms with van der Waals surface area (Å²) in [7, 11) is 0. The van der Waals surface area contributed by atoms with E-state index in [-0.39, 0.29) is 0 Å². The topological polar surface area (TPSA) is 46.5 Å². The van der Waals surface area contributed by atoms with E-state index in [2.05, 4.69) is 15.1 Å². The fourth-order valence-corrected chi connectivity index (χ4v) is 2.48. The van der Waals surface area contributed by atoms with Gasteiger partial charge in [-0.05, 0) is 25.3 Å². The zero-order chi connectivity index (χ0) is 12.7. The molecule has 4 nitrogen and oxygen atoms in total. The maximum Gasteiger partial charge on any atom is 0.182 e. The molecule has 6 heteroatoms. The molecular weight excluding hydrogens is 268 g/mol. The highest BCUT2D eigenvalue weighted by Gasteiger charge is 2.15. The maximum atomic E-state index is 6.21. The molecule has 0 saturated heterocycles. The van der Waals surface area contributed by atoms with Crippen LogP contribution >= 0.6 is 23.4 Å². The van der Waals surface area contributed by atoms with Crippen molar-refractivity contribution in [2.75, 3.05) is 6.26 Å². The fourth-order valence-electron chi connectivity index (χ4n) is 1.88. The van der Waals surface area contributed by atoms with Crippen LogP contribution in [0, 0.1) is 6.92 Å². The standard InChI is InChI=1S/C12H11ClN4S/c1-7-10-11(15-12(14-10)18-2)17(16-7)9-6-4-3-5-8(9)13/h3-6H,1-2H3,(H,14,15). The Kier molecular flexibility index (Phi) is 2.80. The van der Waals surface area contributed by atoms with Gasteiger partial charge in [-0.2, -0.15) is 5.10 Å². The van der Waals surface area contributed by atoms with E-state index in [1.165, 1.54) is 0 Å². The van der Waals surface area contributed by atoms with E-state index in [0.717, 1.165) is 27.7 Å². The van der Waals surface area contributed by atoms with Gasteiger partial charge in [-0.1, -0.05) is 35.5 Å². The van der Waals surface area contributed by atoms with E-state index >= 15 is 0 Å². The normalized spacial score (nSPS) is 11.3. The third-order valence-corrected chi connectivity index (χ3v) is 3.65. The van der Waals surface area contributed by atoms with E-state index < -0.39 is 0 Å². The molecule has 0 aliphatic rings. The van der Waals surface area contributed by atoms with Crippen LogP contribution < -0.4 is 0 Å². The summed E-state index contributed by atoms with van der Waals surface area (Å²) in [4.78, 5) is 7.77. The van der Waals surface area contributed by atoms with Crippen LogP contribution in [-0.4, -0.2) is 26.0 Å². The first-order valence-corrected chi connectivity index (χ1v) is 7.05. The molecule has 0 spiro atoms. The molecule has 1 aromatic carbocycles. The number of aryl methyl sites for hydroxylation is 1. The molecule has 92 valence electrons. The summed E-state index contributed by atoms with van der Waals surface area (Å²) >= 11 is 7.78. The number of hydrogen-bond acceptors (Lipinski definition) is 3. The molecule has 0 bridgehead atoms. The Morgan fingerprint density at radius 1 is 1.33 bits per heavy atom. The van der Waals surface area contributed by atoms with Crippen molar-refractivity contribution in [3.8, 4) is 5.69 Å². The minimum Gasteiger partial charge on any atom is -0.330 e. The first-order chi connectivity index (χ1) is 8.70. The third-order valence-electron chi connectivity index (χ3n) is 2.75. The van der Waals surface area contributed by atoms with E-state index in [9.17, 15) is 0 Å². The highest BCUT2D eigenvalue weighted by Crippen LogP contribution is 2.26. The van der Waals surface area contributed by atoms with Crippen molar-refractivity contribution < 1.29 is 0 Å². The Labute approximate surface area is 113 Å².